The normalized spacial score (nSPS) is 42.2. The van der Waals surface area contributed by atoms with Gasteiger partial charge in [0.15, 0.2) is 5.60 Å². The molecule has 0 spiro atoms. The van der Waals surface area contributed by atoms with Crippen molar-refractivity contribution in [2.24, 2.45) is 11.8 Å². The zero-order valence-electron chi connectivity index (χ0n) is 8.13. The van der Waals surface area contributed by atoms with E-state index in [4.69, 9.17) is 10.00 Å². The minimum Gasteiger partial charge on any atom is -0.363 e. The molecule has 1 aliphatic carbocycles. The first-order chi connectivity index (χ1) is 5.66. The van der Waals surface area contributed by atoms with Crippen LogP contribution < -0.4 is 0 Å². The van der Waals surface area contributed by atoms with E-state index in [-0.39, 0.29) is 0 Å². The van der Waals surface area contributed by atoms with Gasteiger partial charge in [0.05, 0.1) is 6.07 Å². The van der Waals surface area contributed by atoms with E-state index in [1.54, 1.807) is 7.11 Å². The van der Waals surface area contributed by atoms with Gasteiger partial charge in [0, 0.05) is 13.0 Å². The van der Waals surface area contributed by atoms with Gasteiger partial charge in [-0.2, -0.15) is 5.26 Å². The molecule has 0 radical (unpaired) electrons. The summed E-state index contributed by atoms with van der Waals surface area (Å²) in [5.41, 5.74) is -0.502. The van der Waals surface area contributed by atoms with Crippen molar-refractivity contribution < 1.29 is 4.74 Å². The van der Waals surface area contributed by atoms with E-state index in [0.29, 0.717) is 11.8 Å². The third kappa shape index (κ3) is 1.34. The Hall–Kier alpha value is -0.550. The van der Waals surface area contributed by atoms with Crippen molar-refractivity contribution in [3.8, 4) is 6.07 Å². The molecule has 0 N–H and O–H groups in total. The molecular formula is C10H17NO. The summed E-state index contributed by atoms with van der Waals surface area (Å²) in [6, 6.07) is 2.33. The number of nitriles is 1. The molecule has 1 fully saturated rings. The third-order valence-corrected chi connectivity index (χ3v) is 3.35. The Morgan fingerprint density at radius 1 is 1.50 bits per heavy atom. The van der Waals surface area contributed by atoms with Gasteiger partial charge in [-0.15, -0.1) is 0 Å². The van der Waals surface area contributed by atoms with Gasteiger partial charge >= 0.3 is 0 Å². The van der Waals surface area contributed by atoms with E-state index >= 15 is 0 Å². The maximum Gasteiger partial charge on any atom is 0.156 e. The molecule has 3 unspecified atom stereocenters. The van der Waals surface area contributed by atoms with Gasteiger partial charge in [0.2, 0.25) is 0 Å². The van der Waals surface area contributed by atoms with Crippen molar-refractivity contribution in [1.82, 2.24) is 0 Å². The second kappa shape index (κ2) is 3.45. The van der Waals surface area contributed by atoms with Crippen LogP contribution in [0.3, 0.4) is 0 Å². The van der Waals surface area contributed by atoms with Crippen molar-refractivity contribution in [2.45, 2.75) is 38.7 Å². The van der Waals surface area contributed by atoms with Gasteiger partial charge in [-0.1, -0.05) is 20.3 Å². The van der Waals surface area contributed by atoms with Crippen LogP contribution >= 0.6 is 0 Å². The fourth-order valence-corrected chi connectivity index (χ4v) is 2.12. The molecule has 0 aliphatic heterocycles. The highest BCUT2D eigenvalue weighted by Crippen LogP contribution is 2.39. The Labute approximate surface area is 74.5 Å². The van der Waals surface area contributed by atoms with E-state index in [1.165, 1.54) is 6.42 Å². The molecule has 68 valence electrons. The third-order valence-electron chi connectivity index (χ3n) is 3.35. The van der Waals surface area contributed by atoms with E-state index in [9.17, 15) is 0 Å². The Balaban J connectivity index is 2.81. The number of hydrogen-bond donors (Lipinski definition) is 0. The van der Waals surface area contributed by atoms with Crippen LogP contribution in [0.2, 0.25) is 0 Å². The van der Waals surface area contributed by atoms with Gasteiger partial charge in [0.1, 0.15) is 0 Å². The molecule has 0 aromatic rings. The Bertz CT molecular complexity index is 197. The standard InChI is InChI=1S/C10H17NO/c1-8-5-4-6-10(7-11,12-3)9(8)2/h8-9H,4-6H2,1-3H3. The molecular weight excluding hydrogens is 150 g/mol. The molecule has 0 saturated heterocycles. The summed E-state index contributed by atoms with van der Waals surface area (Å²) in [4.78, 5) is 0. The molecule has 3 atom stereocenters. The maximum atomic E-state index is 9.05. The average Bonchev–Trinajstić information content (AvgIpc) is 2.11. The topological polar surface area (TPSA) is 33.0 Å². The molecule has 2 heteroatoms. The molecule has 0 amide bonds. The molecule has 1 saturated carbocycles. The van der Waals surface area contributed by atoms with Gasteiger partial charge < -0.3 is 4.74 Å². The molecule has 1 rings (SSSR count). The first-order valence-electron chi connectivity index (χ1n) is 4.62. The van der Waals surface area contributed by atoms with E-state index < -0.39 is 5.60 Å². The van der Waals surface area contributed by atoms with E-state index in [2.05, 4.69) is 19.9 Å². The van der Waals surface area contributed by atoms with E-state index in [0.717, 1.165) is 12.8 Å². The van der Waals surface area contributed by atoms with E-state index in [1.807, 2.05) is 0 Å². The summed E-state index contributed by atoms with van der Waals surface area (Å²) in [6.45, 7) is 4.32. The summed E-state index contributed by atoms with van der Waals surface area (Å²) in [5, 5.41) is 9.05. The monoisotopic (exact) mass is 167 g/mol. The highest BCUT2D eigenvalue weighted by molar-refractivity contribution is 5.07. The lowest BCUT2D eigenvalue weighted by Crippen LogP contribution is -2.43. The Morgan fingerprint density at radius 2 is 2.17 bits per heavy atom. The van der Waals surface area contributed by atoms with Gasteiger partial charge in [-0.05, 0) is 18.8 Å². The number of nitrogens with zero attached hydrogens (tertiary/aromatic N) is 1. The fourth-order valence-electron chi connectivity index (χ4n) is 2.12. The highest BCUT2D eigenvalue weighted by atomic mass is 16.5. The van der Waals surface area contributed by atoms with Crippen LogP contribution in [0.15, 0.2) is 0 Å². The lowest BCUT2D eigenvalue weighted by molar-refractivity contribution is -0.0508. The molecule has 2 nitrogen and oxygen atoms in total. The smallest absolute Gasteiger partial charge is 0.156 e. The first-order valence-corrected chi connectivity index (χ1v) is 4.62. The number of hydrogen-bond acceptors (Lipinski definition) is 2. The molecule has 12 heavy (non-hydrogen) atoms. The summed E-state index contributed by atoms with van der Waals surface area (Å²) in [6.07, 6.45) is 3.24. The lowest BCUT2D eigenvalue weighted by Gasteiger charge is -2.39. The van der Waals surface area contributed by atoms with Gasteiger partial charge in [0.25, 0.3) is 0 Å². The predicted octanol–water partition coefficient (Wildman–Crippen LogP) is 2.35. The number of methoxy groups -OCH3 is 1. The van der Waals surface area contributed by atoms with Crippen molar-refractivity contribution in [3.05, 3.63) is 0 Å². The van der Waals surface area contributed by atoms with Crippen molar-refractivity contribution >= 4 is 0 Å². The maximum absolute atomic E-state index is 9.05. The van der Waals surface area contributed by atoms with Crippen LogP contribution in [0.4, 0.5) is 0 Å². The van der Waals surface area contributed by atoms with Crippen molar-refractivity contribution in [1.29, 1.82) is 5.26 Å². The molecule has 0 heterocycles. The summed E-state index contributed by atoms with van der Waals surface area (Å²) in [7, 11) is 1.65. The summed E-state index contributed by atoms with van der Waals surface area (Å²) >= 11 is 0. The first kappa shape index (κ1) is 9.54. The van der Waals surface area contributed by atoms with Gasteiger partial charge in [-0.3, -0.25) is 0 Å². The zero-order chi connectivity index (χ0) is 9.19. The summed E-state index contributed by atoms with van der Waals surface area (Å²) < 4.78 is 5.35. The van der Waals surface area contributed by atoms with Gasteiger partial charge in [-0.25, -0.2) is 0 Å². The highest BCUT2D eigenvalue weighted by Gasteiger charge is 2.41. The quantitative estimate of drug-likeness (QED) is 0.600. The SMILES string of the molecule is COC1(C#N)CCCC(C)C1C. The summed E-state index contributed by atoms with van der Waals surface area (Å²) in [5.74, 6) is 0.972. The van der Waals surface area contributed by atoms with Crippen LogP contribution in [-0.2, 0) is 4.74 Å². The fraction of sp³-hybridized carbons (Fsp3) is 0.900. The number of rotatable bonds is 1. The second-order valence-corrected chi connectivity index (χ2v) is 3.86. The van der Waals surface area contributed by atoms with Crippen LogP contribution in [0, 0.1) is 23.2 Å². The lowest BCUT2D eigenvalue weighted by atomic mass is 9.71. The minimum absolute atomic E-state index is 0.362. The number of ether oxygens (including phenoxy) is 1. The van der Waals surface area contributed by atoms with Crippen molar-refractivity contribution in [3.63, 3.8) is 0 Å². The predicted molar refractivity (Wildman–Crippen MR) is 47.5 cm³/mol. The average molecular weight is 167 g/mol. The zero-order valence-corrected chi connectivity index (χ0v) is 8.13. The van der Waals surface area contributed by atoms with Crippen LogP contribution in [-0.4, -0.2) is 12.7 Å². The molecule has 0 aromatic heterocycles. The molecule has 0 aromatic carbocycles. The molecule has 0 bridgehead atoms. The molecule has 1 aliphatic rings. The van der Waals surface area contributed by atoms with Crippen LogP contribution in [0.1, 0.15) is 33.1 Å². The Kier molecular flexibility index (Phi) is 2.74. The van der Waals surface area contributed by atoms with Crippen LogP contribution in [0.5, 0.6) is 0 Å². The van der Waals surface area contributed by atoms with Crippen LogP contribution in [0.25, 0.3) is 0 Å². The minimum atomic E-state index is -0.502. The Morgan fingerprint density at radius 3 is 2.58 bits per heavy atom. The van der Waals surface area contributed by atoms with Crippen molar-refractivity contribution in [2.75, 3.05) is 7.11 Å². The second-order valence-electron chi connectivity index (χ2n) is 3.86. The largest absolute Gasteiger partial charge is 0.363 e.